The first kappa shape index (κ1) is 15.5. The smallest absolute Gasteiger partial charge is 0.462 e. The van der Waals surface area contributed by atoms with E-state index in [2.05, 4.69) is 20.8 Å². The SMILES string of the molecule is CCCCCCOC(C)[O][Al]([CH2]C)[CH2]C. The van der Waals surface area contributed by atoms with Crippen molar-refractivity contribution in [3.05, 3.63) is 0 Å². The lowest BCUT2D eigenvalue weighted by Gasteiger charge is -2.18. The zero-order valence-electron chi connectivity index (χ0n) is 10.9. The number of rotatable bonds is 10. The van der Waals surface area contributed by atoms with E-state index in [0.717, 1.165) is 6.61 Å². The van der Waals surface area contributed by atoms with Gasteiger partial charge in [-0.15, -0.1) is 0 Å². The summed E-state index contributed by atoms with van der Waals surface area (Å²) in [6.45, 7) is 9.55. The van der Waals surface area contributed by atoms with Crippen LogP contribution in [0.1, 0.15) is 53.4 Å². The lowest BCUT2D eigenvalue weighted by Crippen LogP contribution is -2.24. The van der Waals surface area contributed by atoms with Crippen LogP contribution in [0.3, 0.4) is 0 Å². The Hall–Kier alpha value is 0.452. The molecule has 0 spiro atoms. The van der Waals surface area contributed by atoms with Gasteiger partial charge >= 0.3 is 14.5 Å². The zero-order chi connectivity index (χ0) is 11.5. The summed E-state index contributed by atoms with van der Waals surface area (Å²) in [6.07, 6.45) is 5.08. The minimum absolute atomic E-state index is 0.0168. The number of unbranched alkanes of at least 4 members (excludes halogenated alkanes) is 3. The van der Waals surface area contributed by atoms with Crippen molar-refractivity contribution in [1.29, 1.82) is 0 Å². The van der Waals surface area contributed by atoms with E-state index in [-0.39, 0.29) is 6.29 Å². The van der Waals surface area contributed by atoms with E-state index in [1.165, 1.54) is 36.2 Å². The second-order valence-corrected chi connectivity index (χ2v) is 7.22. The van der Waals surface area contributed by atoms with Crippen molar-refractivity contribution >= 4 is 14.5 Å². The molecule has 0 N–H and O–H groups in total. The fraction of sp³-hybridized carbons (Fsp3) is 1.00. The van der Waals surface area contributed by atoms with E-state index in [4.69, 9.17) is 8.53 Å². The molecule has 0 aromatic carbocycles. The molecular weight excluding hydrogens is 203 g/mol. The van der Waals surface area contributed by atoms with Crippen LogP contribution in [-0.4, -0.2) is 27.4 Å². The highest BCUT2D eigenvalue weighted by molar-refractivity contribution is 6.51. The summed E-state index contributed by atoms with van der Waals surface area (Å²) < 4.78 is 11.5. The molecular formula is C12H27AlO2. The topological polar surface area (TPSA) is 18.5 Å². The quantitative estimate of drug-likeness (QED) is 0.321. The van der Waals surface area contributed by atoms with Crippen LogP contribution in [0.15, 0.2) is 0 Å². The van der Waals surface area contributed by atoms with Gasteiger partial charge in [0.1, 0.15) is 6.29 Å². The first-order chi connectivity index (χ1) is 7.24. The van der Waals surface area contributed by atoms with Crippen molar-refractivity contribution in [2.45, 2.75) is 70.2 Å². The van der Waals surface area contributed by atoms with Crippen LogP contribution in [0.25, 0.3) is 0 Å². The zero-order valence-corrected chi connectivity index (χ0v) is 12.1. The highest BCUT2D eigenvalue weighted by Crippen LogP contribution is 2.06. The third-order valence-electron chi connectivity index (χ3n) is 2.65. The van der Waals surface area contributed by atoms with Crippen molar-refractivity contribution in [3.8, 4) is 0 Å². The maximum Gasteiger partial charge on any atom is 0.462 e. The predicted molar refractivity (Wildman–Crippen MR) is 67.4 cm³/mol. The first-order valence-corrected chi connectivity index (χ1v) is 8.62. The number of hydrogen-bond donors (Lipinski definition) is 0. The summed E-state index contributed by atoms with van der Waals surface area (Å²) >= 11 is -0.940. The minimum Gasteiger partial charge on any atom is -0.478 e. The van der Waals surface area contributed by atoms with Crippen LogP contribution in [-0.2, 0) is 8.53 Å². The van der Waals surface area contributed by atoms with Gasteiger partial charge in [-0.1, -0.05) is 50.6 Å². The fourth-order valence-corrected chi connectivity index (χ4v) is 3.15. The van der Waals surface area contributed by atoms with Gasteiger partial charge in [-0.3, -0.25) is 0 Å². The van der Waals surface area contributed by atoms with E-state index in [0.29, 0.717) is 0 Å². The van der Waals surface area contributed by atoms with Crippen molar-refractivity contribution in [1.82, 2.24) is 0 Å². The molecule has 2 nitrogen and oxygen atoms in total. The van der Waals surface area contributed by atoms with E-state index in [1.807, 2.05) is 6.92 Å². The van der Waals surface area contributed by atoms with Gasteiger partial charge < -0.3 is 8.53 Å². The molecule has 1 atom stereocenters. The predicted octanol–water partition coefficient (Wildman–Crippen LogP) is 3.98. The number of ether oxygens (including phenoxy) is 1. The molecule has 0 aromatic heterocycles. The lowest BCUT2D eigenvalue weighted by molar-refractivity contribution is -0.0705. The molecule has 0 saturated heterocycles. The van der Waals surface area contributed by atoms with Crippen molar-refractivity contribution in [2.75, 3.05) is 6.61 Å². The molecule has 0 radical (unpaired) electrons. The Bertz CT molecular complexity index is 127. The van der Waals surface area contributed by atoms with Crippen LogP contribution in [0.4, 0.5) is 0 Å². The Morgan fingerprint density at radius 1 is 1.00 bits per heavy atom. The van der Waals surface area contributed by atoms with Crippen molar-refractivity contribution in [3.63, 3.8) is 0 Å². The molecule has 0 amide bonds. The molecule has 0 aromatic rings. The largest absolute Gasteiger partial charge is 0.478 e. The van der Waals surface area contributed by atoms with E-state index >= 15 is 0 Å². The van der Waals surface area contributed by atoms with E-state index in [9.17, 15) is 0 Å². The minimum atomic E-state index is -0.940. The second-order valence-electron chi connectivity index (χ2n) is 4.07. The highest BCUT2D eigenvalue weighted by atomic mass is 27.2. The Morgan fingerprint density at radius 2 is 1.67 bits per heavy atom. The van der Waals surface area contributed by atoms with E-state index < -0.39 is 14.5 Å². The third kappa shape index (κ3) is 9.39. The monoisotopic (exact) mass is 230 g/mol. The summed E-state index contributed by atoms with van der Waals surface area (Å²) in [6, 6.07) is 0. The number of hydrogen-bond acceptors (Lipinski definition) is 2. The Balaban J connectivity index is 3.35. The molecule has 0 fully saturated rings. The molecule has 0 bridgehead atoms. The average molecular weight is 230 g/mol. The van der Waals surface area contributed by atoms with Crippen molar-refractivity contribution < 1.29 is 8.53 Å². The molecule has 0 rings (SSSR count). The summed E-state index contributed by atoms with van der Waals surface area (Å²) in [4.78, 5) is 0. The van der Waals surface area contributed by atoms with Gasteiger partial charge in [0.15, 0.2) is 0 Å². The van der Waals surface area contributed by atoms with Gasteiger partial charge in [-0.2, -0.15) is 0 Å². The van der Waals surface area contributed by atoms with Gasteiger partial charge in [0.25, 0.3) is 0 Å². The van der Waals surface area contributed by atoms with Crippen LogP contribution in [0, 0.1) is 0 Å². The summed E-state index contributed by atoms with van der Waals surface area (Å²) in [5.41, 5.74) is 0. The highest BCUT2D eigenvalue weighted by Gasteiger charge is 2.17. The molecule has 0 aliphatic carbocycles. The third-order valence-corrected chi connectivity index (χ3v) is 5.23. The molecule has 3 heteroatoms. The second kappa shape index (κ2) is 11.0. The standard InChI is InChI=1S/C8H17O2.2C2H5.Al/c1-3-4-5-6-7-10-8(2)9;2*1-2;/h8H,3-7H2,1-2H3;2*1H2,2H3;/q-1;;;+1. The lowest BCUT2D eigenvalue weighted by atomic mass is 10.2. The summed E-state index contributed by atoms with van der Waals surface area (Å²) in [5.74, 6) is 0. The van der Waals surface area contributed by atoms with Gasteiger partial charge in [0.2, 0.25) is 0 Å². The summed E-state index contributed by atoms with van der Waals surface area (Å²) in [5, 5.41) is 2.42. The van der Waals surface area contributed by atoms with E-state index in [1.54, 1.807) is 0 Å². The van der Waals surface area contributed by atoms with Gasteiger partial charge in [-0.05, 0) is 13.3 Å². The maximum absolute atomic E-state index is 5.87. The Kier molecular flexibility index (Phi) is 11.3. The van der Waals surface area contributed by atoms with Crippen LogP contribution >= 0.6 is 0 Å². The molecule has 0 aliphatic heterocycles. The fourth-order valence-electron chi connectivity index (χ4n) is 1.57. The first-order valence-electron chi connectivity index (χ1n) is 6.51. The Morgan fingerprint density at radius 3 is 2.20 bits per heavy atom. The molecule has 0 heterocycles. The molecule has 1 unspecified atom stereocenters. The maximum atomic E-state index is 5.87. The average Bonchev–Trinajstić information content (AvgIpc) is 2.25. The molecule has 90 valence electrons. The molecule has 0 aliphatic rings. The Labute approximate surface area is 100 Å². The van der Waals surface area contributed by atoms with Crippen LogP contribution < -0.4 is 0 Å². The normalized spacial score (nSPS) is 12.8. The van der Waals surface area contributed by atoms with Gasteiger partial charge in [0, 0.05) is 6.61 Å². The summed E-state index contributed by atoms with van der Waals surface area (Å²) in [7, 11) is 0. The van der Waals surface area contributed by atoms with Crippen molar-refractivity contribution in [2.24, 2.45) is 0 Å². The van der Waals surface area contributed by atoms with Gasteiger partial charge in [-0.25, -0.2) is 0 Å². The van der Waals surface area contributed by atoms with Crippen LogP contribution in [0.5, 0.6) is 0 Å². The van der Waals surface area contributed by atoms with Crippen LogP contribution in [0.2, 0.25) is 10.6 Å². The van der Waals surface area contributed by atoms with Gasteiger partial charge in [0.05, 0.1) is 0 Å². The molecule has 15 heavy (non-hydrogen) atoms. The molecule has 0 saturated carbocycles.